The second-order valence-electron chi connectivity index (χ2n) is 10.0. The molecule has 38 heavy (non-hydrogen) atoms. The van der Waals surface area contributed by atoms with E-state index in [1.807, 2.05) is 69.0 Å². The molecular weight excluding hydrogens is 483 g/mol. The lowest BCUT2D eigenvalue weighted by atomic mass is 9.97. The smallest absolute Gasteiger partial charge is 0.410 e. The molecular formula is C29H31FN6O2. The molecule has 9 heteroatoms. The summed E-state index contributed by atoms with van der Waals surface area (Å²) >= 11 is 0. The summed E-state index contributed by atoms with van der Waals surface area (Å²) in [5.41, 5.74) is 1.77. The highest BCUT2D eigenvalue weighted by Gasteiger charge is 2.27. The molecule has 1 saturated heterocycles. The largest absolute Gasteiger partial charge is 0.444 e. The Morgan fingerprint density at radius 2 is 1.71 bits per heavy atom. The molecule has 0 radical (unpaired) electrons. The molecule has 1 fully saturated rings. The number of carbonyl (C=O) groups is 1. The maximum absolute atomic E-state index is 15.8. The van der Waals surface area contributed by atoms with Gasteiger partial charge in [0.25, 0.3) is 0 Å². The highest BCUT2D eigenvalue weighted by atomic mass is 19.1. The van der Waals surface area contributed by atoms with Gasteiger partial charge in [-0.3, -0.25) is 4.98 Å². The van der Waals surface area contributed by atoms with Gasteiger partial charge in [0.1, 0.15) is 29.0 Å². The van der Waals surface area contributed by atoms with Gasteiger partial charge in [0.2, 0.25) is 0 Å². The van der Waals surface area contributed by atoms with E-state index in [2.05, 4.69) is 15.0 Å². The van der Waals surface area contributed by atoms with Crippen LogP contribution in [0.1, 0.15) is 33.3 Å². The zero-order valence-electron chi connectivity index (χ0n) is 22.3. The number of ether oxygens (including phenoxy) is 1. The van der Waals surface area contributed by atoms with Crippen molar-refractivity contribution in [2.45, 2.75) is 40.2 Å². The Balaban J connectivity index is 0.00000107. The summed E-state index contributed by atoms with van der Waals surface area (Å²) in [5.74, 6) is 0.153. The molecule has 1 amide bonds. The zero-order chi connectivity index (χ0) is 27.4. The Morgan fingerprint density at radius 3 is 2.37 bits per heavy atom. The SMILES string of the molecule is CC#N.Cc1cccc2cccc(-c3ncc4c(N5CCN(C(=O)OC(C)(C)C)CC5)ncnc4c3F)c12. The summed E-state index contributed by atoms with van der Waals surface area (Å²) in [6.45, 7) is 11.1. The van der Waals surface area contributed by atoms with Crippen molar-refractivity contribution < 1.29 is 13.9 Å². The number of benzene rings is 2. The van der Waals surface area contributed by atoms with Crippen molar-refractivity contribution in [3.05, 3.63) is 60.3 Å². The highest BCUT2D eigenvalue weighted by Crippen LogP contribution is 2.35. The van der Waals surface area contributed by atoms with Gasteiger partial charge >= 0.3 is 6.09 Å². The van der Waals surface area contributed by atoms with Gasteiger partial charge in [-0.15, -0.1) is 0 Å². The third kappa shape index (κ3) is 5.49. The molecule has 1 aliphatic heterocycles. The van der Waals surface area contributed by atoms with Gasteiger partial charge in [0.05, 0.1) is 11.5 Å². The second kappa shape index (κ2) is 11.0. The van der Waals surface area contributed by atoms with Crippen LogP contribution < -0.4 is 4.90 Å². The van der Waals surface area contributed by atoms with Gasteiger partial charge in [-0.1, -0.05) is 36.4 Å². The van der Waals surface area contributed by atoms with Gasteiger partial charge < -0.3 is 14.5 Å². The lowest BCUT2D eigenvalue weighted by Crippen LogP contribution is -2.50. The van der Waals surface area contributed by atoms with E-state index in [1.54, 1.807) is 17.2 Å². The molecule has 4 aromatic rings. The van der Waals surface area contributed by atoms with E-state index in [1.165, 1.54) is 13.3 Å². The van der Waals surface area contributed by atoms with Crippen LogP contribution in [0.2, 0.25) is 0 Å². The quantitative estimate of drug-likeness (QED) is 0.330. The lowest BCUT2D eigenvalue weighted by molar-refractivity contribution is 0.0240. The van der Waals surface area contributed by atoms with E-state index in [9.17, 15) is 4.79 Å². The first kappa shape index (κ1) is 26.7. The highest BCUT2D eigenvalue weighted by molar-refractivity contribution is 6.00. The number of nitrogens with zero attached hydrogens (tertiary/aromatic N) is 6. The number of pyridine rings is 1. The summed E-state index contributed by atoms with van der Waals surface area (Å²) in [6, 6.07) is 13.6. The Kier molecular flexibility index (Phi) is 7.72. The number of fused-ring (bicyclic) bond motifs is 2. The number of piperazine rings is 1. The molecule has 0 spiro atoms. The maximum atomic E-state index is 15.8. The van der Waals surface area contributed by atoms with Gasteiger partial charge in [-0.05, 0) is 44.0 Å². The topological polar surface area (TPSA) is 95.2 Å². The third-order valence-corrected chi connectivity index (χ3v) is 6.20. The van der Waals surface area contributed by atoms with E-state index in [4.69, 9.17) is 10.00 Å². The molecule has 3 heterocycles. The fourth-order valence-corrected chi connectivity index (χ4v) is 4.57. The van der Waals surface area contributed by atoms with Gasteiger partial charge in [0.15, 0.2) is 5.82 Å². The molecule has 2 aromatic carbocycles. The molecule has 0 atom stereocenters. The predicted octanol–water partition coefficient (Wildman–Crippen LogP) is 5.88. The number of amides is 1. The van der Waals surface area contributed by atoms with Crippen LogP contribution in [0.15, 0.2) is 48.9 Å². The molecule has 8 nitrogen and oxygen atoms in total. The normalized spacial score (nSPS) is 13.6. The Labute approximate surface area is 221 Å². The van der Waals surface area contributed by atoms with E-state index in [0.717, 1.165) is 21.9 Å². The minimum Gasteiger partial charge on any atom is -0.444 e. The van der Waals surface area contributed by atoms with E-state index >= 15 is 4.39 Å². The first-order valence-electron chi connectivity index (χ1n) is 12.5. The van der Waals surface area contributed by atoms with Crippen molar-refractivity contribution in [2.24, 2.45) is 0 Å². The summed E-state index contributed by atoms with van der Waals surface area (Å²) in [7, 11) is 0. The predicted molar refractivity (Wildman–Crippen MR) is 146 cm³/mol. The van der Waals surface area contributed by atoms with Crippen molar-refractivity contribution in [1.29, 1.82) is 5.26 Å². The number of hydrogen-bond donors (Lipinski definition) is 0. The summed E-state index contributed by atoms with van der Waals surface area (Å²) in [4.78, 5) is 29.4. The molecule has 0 saturated carbocycles. The Bertz CT molecular complexity index is 1510. The van der Waals surface area contributed by atoms with Crippen LogP contribution in [0.25, 0.3) is 32.9 Å². The maximum Gasteiger partial charge on any atom is 0.410 e. The average Bonchev–Trinajstić information content (AvgIpc) is 2.88. The molecule has 5 rings (SSSR count). The number of hydrogen-bond acceptors (Lipinski definition) is 7. The minimum atomic E-state index is -0.541. The Hall–Kier alpha value is -4.32. The van der Waals surface area contributed by atoms with Crippen molar-refractivity contribution in [2.75, 3.05) is 31.1 Å². The molecule has 0 unspecified atom stereocenters. The van der Waals surface area contributed by atoms with Gasteiger partial charge in [-0.2, -0.15) is 5.26 Å². The van der Waals surface area contributed by atoms with E-state index in [0.29, 0.717) is 37.4 Å². The first-order valence-corrected chi connectivity index (χ1v) is 12.5. The Morgan fingerprint density at radius 1 is 1.05 bits per heavy atom. The standard InChI is InChI=1S/C27H28FN5O2.C2H3N/c1-17-7-5-8-18-9-6-10-19(21(17)18)23-22(28)24-20(15-29-23)25(31-16-30-24)32-11-13-33(14-12-32)26(34)35-27(2,3)4;1-2-3/h5-10,15-16H,11-14H2,1-4H3;1H3. The van der Waals surface area contributed by atoms with Crippen LogP contribution in [0.5, 0.6) is 0 Å². The molecule has 2 aromatic heterocycles. The van der Waals surface area contributed by atoms with Crippen molar-refractivity contribution in [3.8, 4) is 17.3 Å². The van der Waals surface area contributed by atoms with Crippen LogP contribution >= 0.6 is 0 Å². The minimum absolute atomic E-state index is 0.236. The van der Waals surface area contributed by atoms with Crippen molar-refractivity contribution in [1.82, 2.24) is 19.9 Å². The van der Waals surface area contributed by atoms with E-state index < -0.39 is 11.4 Å². The number of aromatic nitrogens is 3. The molecule has 0 bridgehead atoms. The summed E-state index contributed by atoms with van der Waals surface area (Å²) in [5, 5.41) is 9.89. The summed E-state index contributed by atoms with van der Waals surface area (Å²) < 4.78 is 21.3. The van der Waals surface area contributed by atoms with Crippen LogP contribution in [-0.4, -0.2) is 57.7 Å². The number of halogens is 1. The lowest BCUT2D eigenvalue weighted by Gasteiger charge is -2.36. The fraction of sp³-hybridized carbons (Fsp3) is 0.345. The number of carbonyl (C=O) groups excluding carboxylic acids is 1. The third-order valence-electron chi connectivity index (χ3n) is 6.20. The number of nitriles is 1. The molecule has 0 aliphatic carbocycles. The fourth-order valence-electron chi connectivity index (χ4n) is 4.57. The first-order chi connectivity index (χ1) is 18.1. The van der Waals surface area contributed by atoms with Crippen LogP contribution in [0.4, 0.5) is 15.0 Å². The zero-order valence-corrected chi connectivity index (χ0v) is 22.3. The molecule has 196 valence electrons. The number of anilines is 1. The van der Waals surface area contributed by atoms with Gasteiger partial charge in [-0.25, -0.2) is 19.2 Å². The second-order valence-corrected chi connectivity index (χ2v) is 10.0. The molecule has 0 N–H and O–H groups in total. The summed E-state index contributed by atoms with van der Waals surface area (Å²) in [6.07, 6.45) is 2.71. The molecule has 1 aliphatic rings. The van der Waals surface area contributed by atoms with Gasteiger partial charge in [0, 0.05) is 44.9 Å². The van der Waals surface area contributed by atoms with E-state index in [-0.39, 0.29) is 17.3 Å². The van der Waals surface area contributed by atoms with Crippen LogP contribution in [0, 0.1) is 24.1 Å². The number of rotatable bonds is 2. The average molecular weight is 515 g/mol. The van der Waals surface area contributed by atoms with Crippen molar-refractivity contribution in [3.63, 3.8) is 0 Å². The number of aryl methyl sites for hydroxylation is 1. The monoisotopic (exact) mass is 514 g/mol. The van der Waals surface area contributed by atoms with Crippen LogP contribution in [0.3, 0.4) is 0 Å². The van der Waals surface area contributed by atoms with Crippen molar-refractivity contribution >= 4 is 33.6 Å². The van der Waals surface area contributed by atoms with Crippen LogP contribution in [-0.2, 0) is 4.74 Å².